The van der Waals surface area contributed by atoms with Crippen molar-refractivity contribution in [2.45, 2.75) is 65.5 Å². The second kappa shape index (κ2) is 11.4. The van der Waals surface area contributed by atoms with Crippen molar-refractivity contribution in [1.82, 2.24) is 0 Å². The van der Waals surface area contributed by atoms with E-state index in [0.717, 1.165) is 11.8 Å². The highest BCUT2D eigenvalue weighted by Crippen LogP contribution is 2.37. The molecule has 2 heterocycles. The molecule has 0 bridgehead atoms. The number of ether oxygens (including phenoxy) is 4. The first-order valence-electron chi connectivity index (χ1n) is 10.2. The number of esters is 1. The molecule has 0 unspecified atom stereocenters. The Kier molecular flexibility index (Phi) is 9.05. The van der Waals surface area contributed by atoms with Crippen LogP contribution in [0.15, 0.2) is 29.2 Å². The van der Waals surface area contributed by atoms with Crippen molar-refractivity contribution in [1.29, 1.82) is 0 Å². The molecule has 12 nitrogen and oxygen atoms in total. The summed E-state index contributed by atoms with van der Waals surface area (Å²) >= 11 is 0.933. The van der Waals surface area contributed by atoms with Gasteiger partial charge in [0.2, 0.25) is 0 Å². The average molecular weight is 492 g/mol. The molecule has 33 heavy (non-hydrogen) atoms. The SMILES string of the molecule is COC(=O)c1ccccc1S[C@@H]1O[C@H](CO)[C@H](O[C@H]2O[C@H](CO)[C@H](O)[C@H](O)[C@H]2O)[C@H](O)[C@H]1O. The van der Waals surface area contributed by atoms with Gasteiger partial charge in [0, 0.05) is 4.90 Å². The van der Waals surface area contributed by atoms with Gasteiger partial charge in [-0.3, -0.25) is 0 Å². The quantitative estimate of drug-likeness (QED) is 0.193. The molecule has 0 spiro atoms. The van der Waals surface area contributed by atoms with E-state index in [0.29, 0.717) is 4.90 Å². The van der Waals surface area contributed by atoms with Gasteiger partial charge in [0.25, 0.3) is 0 Å². The number of aliphatic hydroxyl groups excluding tert-OH is 7. The van der Waals surface area contributed by atoms with Crippen LogP contribution in [0, 0.1) is 0 Å². The lowest BCUT2D eigenvalue weighted by atomic mass is 9.97. The molecule has 3 rings (SSSR count). The first-order valence-corrected chi connectivity index (χ1v) is 11.0. The highest BCUT2D eigenvalue weighted by atomic mass is 32.2. The van der Waals surface area contributed by atoms with Gasteiger partial charge in [0.1, 0.15) is 54.3 Å². The van der Waals surface area contributed by atoms with Crippen molar-refractivity contribution in [2.24, 2.45) is 0 Å². The third-order valence-corrected chi connectivity index (χ3v) is 6.73. The number of aliphatic hydroxyl groups is 7. The summed E-state index contributed by atoms with van der Waals surface area (Å²) in [6.07, 6.45) is -13.7. The van der Waals surface area contributed by atoms with Crippen LogP contribution in [0.4, 0.5) is 0 Å². The molecule has 186 valence electrons. The zero-order chi connectivity index (χ0) is 24.3. The number of thioether (sulfide) groups is 1. The summed E-state index contributed by atoms with van der Waals surface area (Å²) in [6, 6.07) is 6.41. The predicted molar refractivity (Wildman–Crippen MR) is 110 cm³/mol. The van der Waals surface area contributed by atoms with Gasteiger partial charge in [0.05, 0.1) is 25.9 Å². The molecule has 1 aromatic rings. The van der Waals surface area contributed by atoms with Crippen LogP contribution < -0.4 is 0 Å². The van der Waals surface area contributed by atoms with Crippen molar-refractivity contribution >= 4 is 17.7 Å². The maximum absolute atomic E-state index is 12.0. The van der Waals surface area contributed by atoms with E-state index in [-0.39, 0.29) is 5.56 Å². The van der Waals surface area contributed by atoms with Crippen molar-refractivity contribution in [3.8, 4) is 0 Å². The molecule has 2 aliphatic heterocycles. The van der Waals surface area contributed by atoms with Crippen molar-refractivity contribution in [3.05, 3.63) is 29.8 Å². The Morgan fingerprint density at radius 2 is 1.58 bits per heavy atom. The maximum Gasteiger partial charge on any atom is 0.338 e. The van der Waals surface area contributed by atoms with Crippen molar-refractivity contribution < 1.29 is 59.5 Å². The molecule has 0 aliphatic carbocycles. The van der Waals surface area contributed by atoms with E-state index in [4.69, 9.17) is 18.9 Å². The fourth-order valence-corrected chi connectivity index (χ4v) is 4.81. The predicted octanol–water partition coefficient (Wildman–Crippen LogP) is -2.81. The smallest absolute Gasteiger partial charge is 0.338 e. The summed E-state index contributed by atoms with van der Waals surface area (Å²) in [5.74, 6) is -0.605. The summed E-state index contributed by atoms with van der Waals surface area (Å²) in [4.78, 5) is 12.4. The highest BCUT2D eigenvalue weighted by molar-refractivity contribution is 8.00. The van der Waals surface area contributed by atoms with Crippen LogP contribution >= 0.6 is 11.8 Å². The number of hydrogen-bond donors (Lipinski definition) is 7. The number of benzene rings is 1. The van der Waals surface area contributed by atoms with E-state index in [2.05, 4.69) is 0 Å². The first-order chi connectivity index (χ1) is 15.7. The van der Waals surface area contributed by atoms with Crippen molar-refractivity contribution in [2.75, 3.05) is 20.3 Å². The Morgan fingerprint density at radius 3 is 2.21 bits per heavy atom. The van der Waals surface area contributed by atoms with Crippen LogP contribution in [-0.2, 0) is 18.9 Å². The Hall–Kier alpha value is -1.36. The standard InChI is InChI=1S/C20H28O12S/c1-29-18(28)8-4-2-3-5-11(8)33-20-16(27)14(25)17(10(7-22)31-20)32-19-15(26)13(24)12(23)9(6-21)30-19/h2-5,9-10,12-17,19-27H,6-7H2,1H3/t9-,10-,12+,13+,14-,15-,16-,17+,19-,20+/m1/s1. The number of carbonyl (C=O) groups is 1. The van der Waals surface area contributed by atoms with Crippen molar-refractivity contribution in [3.63, 3.8) is 0 Å². The summed E-state index contributed by atoms with van der Waals surface area (Å²) in [7, 11) is 1.22. The zero-order valence-corrected chi connectivity index (χ0v) is 18.4. The zero-order valence-electron chi connectivity index (χ0n) is 17.6. The van der Waals surface area contributed by atoms with Gasteiger partial charge in [-0.2, -0.15) is 0 Å². The van der Waals surface area contributed by atoms with Gasteiger partial charge in [-0.05, 0) is 12.1 Å². The van der Waals surface area contributed by atoms with Crippen LogP contribution in [-0.4, -0.2) is 123 Å². The Balaban J connectivity index is 1.75. The van der Waals surface area contributed by atoms with E-state index >= 15 is 0 Å². The monoisotopic (exact) mass is 492 g/mol. The molecule has 1 aromatic carbocycles. The van der Waals surface area contributed by atoms with Crippen LogP contribution in [0.3, 0.4) is 0 Å². The molecule has 10 atom stereocenters. The minimum absolute atomic E-state index is 0.218. The number of carbonyl (C=O) groups excluding carboxylic acids is 1. The van der Waals surface area contributed by atoms with Crippen LogP contribution in [0.5, 0.6) is 0 Å². The Labute approximate surface area is 193 Å². The lowest BCUT2D eigenvalue weighted by molar-refractivity contribution is -0.338. The highest BCUT2D eigenvalue weighted by Gasteiger charge is 2.50. The number of hydrogen-bond acceptors (Lipinski definition) is 13. The molecule has 2 saturated heterocycles. The Bertz CT molecular complexity index is 792. The molecule has 13 heteroatoms. The fourth-order valence-electron chi connectivity index (χ4n) is 3.63. The molecular weight excluding hydrogens is 464 g/mol. The lowest BCUT2D eigenvalue weighted by Crippen LogP contribution is -2.64. The summed E-state index contributed by atoms with van der Waals surface area (Å²) < 4.78 is 21.2. The first kappa shape index (κ1) is 26.2. The molecule has 2 aliphatic rings. The van der Waals surface area contributed by atoms with Crippen LogP contribution in [0.2, 0.25) is 0 Å². The van der Waals surface area contributed by atoms with E-state index in [1.54, 1.807) is 18.2 Å². The molecule has 0 saturated carbocycles. The van der Waals surface area contributed by atoms with E-state index < -0.39 is 79.7 Å². The lowest BCUT2D eigenvalue weighted by Gasteiger charge is -2.46. The third kappa shape index (κ3) is 5.49. The largest absolute Gasteiger partial charge is 0.465 e. The normalized spacial score (nSPS) is 39.3. The topological polar surface area (TPSA) is 196 Å². The van der Waals surface area contributed by atoms with Gasteiger partial charge in [-0.25, -0.2) is 4.79 Å². The molecular formula is C20H28O12S. The minimum atomic E-state index is -1.74. The molecule has 0 aromatic heterocycles. The van der Waals surface area contributed by atoms with Gasteiger partial charge in [-0.1, -0.05) is 23.9 Å². The van der Waals surface area contributed by atoms with Gasteiger partial charge < -0.3 is 54.7 Å². The minimum Gasteiger partial charge on any atom is -0.465 e. The molecule has 2 fully saturated rings. The second-order valence-electron chi connectivity index (χ2n) is 7.61. The van der Waals surface area contributed by atoms with E-state index in [9.17, 15) is 40.5 Å². The number of rotatable bonds is 7. The van der Waals surface area contributed by atoms with E-state index in [1.165, 1.54) is 13.2 Å². The average Bonchev–Trinajstić information content (AvgIpc) is 2.83. The maximum atomic E-state index is 12.0. The summed E-state index contributed by atoms with van der Waals surface area (Å²) in [6.45, 7) is -1.33. The van der Waals surface area contributed by atoms with Crippen LogP contribution in [0.25, 0.3) is 0 Å². The fraction of sp³-hybridized carbons (Fsp3) is 0.650. The van der Waals surface area contributed by atoms with Gasteiger partial charge >= 0.3 is 5.97 Å². The Morgan fingerprint density at radius 1 is 0.909 bits per heavy atom. The van der Waals surface area contributed by atoms with Crippen LogP contribution in [0.1, 0.15) is 10.4 Å². The number of methoxy groups -OCH3 is 1. The third-order valence-electron chi connectivity index (χ3n) is 5.50. The van der Waals surface area contributed by atoms with Gasteiger partial charge in [0.15, 0.2) is 6.29 Å². The summed E-state index contributed by atoms with van der Waals surface area (Å²) in [5.41, 5.74) is -0.895. The van der Waals surface area contributed by atoms with Gasteiger partial charge in [-0.15, -0.1) is 0 Å². The molecule has 7 N–H and O–H groups in total. The molecule has 0 radical (unpaired) electrons. The molecule has 0 amide bonds. The summed E-state index contributed by atoms with van der Waals surface area (Å²) in [5, 5.41) is 70.5. The van der Waals surface area contributed by atoms with E-state index in [1.807, 2.05) is 0 Å². The second-order valence-corrected chi connectivity index (χ2v) is 8.75.